The largest absolute Gasteiger partial charge is 0.395 e. The molecule has 1 aliphatic rings. The molecule has 1 aliphatic heterocycles. The fraction of sp³-hybridized carbons (Fsp3) is 0.588. The van der Waals surface area contributed by atoms with Crippen LogP contribution in [0, 0.1) is 0 Å². The number of hydrogen-bond donors (Lipinski definition) is 2. The van der Waals surface area contributed by atoms with Gasteiger partial charge in [-0.1, -0.05) is 12.1 Å². The highest BCUT2D eigenvalue weighted by Crippen LogP contribution is 2.11. The van der Waals surface area contributed by atoms with Crippen molar-refractivity contribution in [3.8, 4) is 0 Å². The van der Waals surface area contributed by atoms with Gasteiger partial charge in [-0.3, -0.25) is 0 Å². The monoisotopic (exact) mass is 320 g/mol. The molecule has 0 atom stereocenters. The van der Waals surface area contributed by atoms with E-state index >= 15 is 0 Å². The summed E-state index contributed by atoms with van der Waals surface area (Å²) in [5.74, 6) is 0. The molecular formula is C17H28N4O2. The van der Waals surface area contributed by atoms with Crippen LogP contribution in [0.1, 0.15) is 5.56 Å². The first-order chi connectivity index (χ1) is 11.1. The average molecular weight is 320 g/mol. The minimum Gasteiger partial charge on any atom is -0.395 e. The van der Waals surface area contributed by atoms with Gasteiger partial charge in [0, 0.05) is 52.0 Å². The Morgan fingerprint density at radius 2 is 1.87 bits per heavy atom. The Morgan fingerprint density at radius 3 is 2.48 bits per heavy atom. The number of carbonyl (C=O) groups excluding carboxylic acids is 1. The third-order valence-electron chi connectivity index (χ3n) is 4.30. The summed E-state index contributed by atoms with van der Waals surface area (Å²) in [5, 5.41) is 11.7. The number of amides is 2. The lowest BCUT2D eigenvalue weighted by atomic mass is 10.1. The van der Waals surface area contributed by atoms with Crippen molar-refractivity contribution in [2.24, 2.45) is 0 Å². The third-order valence-corrected chi connectivity index (χ3v) is 4.30. The number of nitrogens with zero attached hydrogens (tertiary/aromatic N) is 3. The molecule has 1 saturated heterocycles. The molecule has 1 aromatic carbocycles. The Bertz CT molecular complexity index is 484. The lowest BCUT2D eigenvalue weighted by molar-refractivity contribution is 0.155. The molecule has 1 aromatic rings. The molecule has 6 heteroatoms. The van der Waals surface area contributed by atoms with E-state index in [4.69, 9.17) is 5.11 Å². The highest BCUT2D eigenvalue weighted by Gasteiger charge is 2.13. The van der Waals surface area contributed by atoms with Crippen molar-refractivity contribution >= 4 is 11.7 Å². The quantitative estimate of drug-likeness (QED) is 0.819. The first-order valence-corrected chi connectivity index (χ1v) is 8.21. The zero-order valence-corrected chi connectivity index (χ0v) is 14.2. The summed E-state index contributed by atoms with van der Waals surface area (Å²) < 4.78 is 0. The summed E-state index contributed by atoms with van der Waals surface area (Å²) in [6.07, 6.45) is 1.03. The SMILES string of the molecule is CN1CCN(CCc2ccc(NC(=O)N(C)CCO)cc2)CC1. The van der Waals surface area contributed by atoms with Crippen molar-refractivity contribution in [3.05, 3.63) is 29.8 Å². The number of nitrogens with one attached hydrogen (secondary N) is 1. The maximum atomic E-state index is 11.8. The minimum absolute atomic E-state index is 0.0326. The molecule has 0 radical (unpaired) electrons. The second-order valence-corrected chi connectivity index (χ2v) is 6.17. The summed E-state index contributed by atoms with van der Waals surface area (Å²) in [5.41, 5.74) is 2.06. The number of hydrogen-bond acceptors (Lipinski definition) is 4. The molecule has 23 heavy (non-hydrogen) atoms. The molecule has 128 valence electrons. The summed E-state index contributed by atoms with van der Waals surface area (Å²) in [7, 11) is 3.83. The minimum atomic E-state index is -0.204. The Kier molecular flexibility index (Phi) is 6.83. The van der Waals surface area contributed by atoms with Gasteiger partial charge in [0.15, 0.2) is 0 Å². The van der Waals surface area contributed by atoms with Crippen LogP contribution >= 0.6 is 0 Å². The number of piperazine rings is 1. The first kappa shape index (κ1) is 17.7. The van der Waals surface area contributed by atoms with Crippen LogP contribution in [0.5, 0.6) is 0 Å². The highest BCUT2D eigenvalue weighted by atomic mass is 16.3. The fourth-order valence-corrected chi connectivity index (χ4v) is 2.58. The van der Waals surface area contributed by atoms with Crippen LogP contribution < -0.4 is 5.32 Å². The molecule has 0 saturated carbocycles. The molecule has 2 rings (SSSR count). The summed E-state index contributed by atoms with van der Waals surface area (Å²) in [6, 6.07) is 7.80. The third kappa shape index (κ3) is 5.82. The predicted molar refractivity (Wildman–Crippen MR) is 92.8 cm³/mol. The molecule has 6 nitrogen and oxygen atoms in total. The Balaban J connectivity index is 1.77. The van der Waals surface area contributed by atoms with Gasteiger partial charge in [-0.15, -0.1) is 0 Å². The summed E-state index contributed by atoms with van der Waals surface area (Å²) >= 11 is 0. The number of anilines is 1. The number of likely N-dealkylation sites (N-methyl/N-ethyl adjacent to an activating group) is 2. The van der Waals surface area contributed by atoms with Crippen molar-refractivity contribution in [3.63, 3.8) is 0 Å². The van der Waals surface area contributed by atoms with Crippen molar-refractivity contribution in [1.82, 2.24) is 14.7 Å². The number of rotatable bonds is 6. The van der Waals surface area contributed by atoms with Crippen LogP contribution in [0.4, 0.5) is 10.5 Å². The number of aliphatic hydroxyl groups excluding tert-OH is 1. The fourth-order valence-electron chi connectivity index (χ4n) is 2.58. The lowest BCUT2D eigenvalue weighted by Crippen LogP contribution is -2.45. The van der Waals surface area contributed by atoms with Crippen LogP contribution in [0.2, 0.25) is 0 Å². The topological polar surface area (TPSA) is 59.0 Å². The van der Waals surface area contributed by atoms with E-state index in [0.29, 0.717) is 6.54 Å². The van der Waals surface area contributed by atoms with Gasteiger partial charge in [0.25, 0.3) is 0 Å². The highest BCUT2D eigenvalue weighted by molar-refractivity contribution is 5.89. The van der Waals surface area contributed by atoms with Crippen molar-refractivity contribution in [1.29, 1.82) is 0 Å². The van der Waals surface area contributed by atoms with E-state index in [2.05, 4.69) is 34.3 Å². The van der Waals surface area contributed by atoms with Gasteiger partial charge >= 0.3 is 6.03 Å². The van der Waals surface area contributed by atoms with E-state index in [0.717, 1.165) is 44.8 Å². The van der Waals surface area contributed by atoms with Gasteiger partial charge in [0.1, 0.15) is 0 Å². The number of urea groups is 1. The van der Waals surface area contributed by atoms with Crippen LogP contribution in [-0.4, -0.2) is 85.8 Å². The van der Waals surface area contributed by atoms with Gasteiger partial charge in [0.05, 0.1) is 6.61 Å². The van der Waals surface area contributed by atoms with Crippen LogP contribution in [0.3, 0.4) is 0 Å². The van der Waals surface area contributed by atoms with Gasteiger partial charge in [-0.05, 0) is 31.2 Å². The molecule has 1 fully saturated rings. The lowest BCUT2D eigenvalue weighted by Gasteiger charge is -2.32. The van der Waals surface area contributed by atoms with E-state index in [1.807, 2.05) is 12.1 Å². The van der Waals surface area contributed by atoms with Crippen LogP contribution in [0.15, 0.2) is 24.3 Å². The molecule has 2 N–H and O–H groups in total. The van der Waals surface area contributed by atoms with Gasteiger partial charge in [-0.2, -0.15) is 0 Å². The molecule has 0 unspecified atom stereocenters. The maximum Gasteiger partial charge on any atom is 0.321 e. The average Bonchev–Trinajstić information content (AvgIpc) is 2.56. The predicted octanol–water partition coefficient (Wildman–Crippen LogP) is 0.932. The first-order valence-electron chi connectivity index (χ1n) is 8.21. The Hall–Kier alpha value is -1.63. The summed E-state index contributed by atoms with van der Waals surface area (Å²) in [4.78, 5) is 18.2. The van der Waals surface area contributed by atoms with E-state index in [9.17, 15) is 4.79 Å². The maximum absolute atomic E-state index is 11.8. The number of carbonyl (C=O) groups is 1. The van der Waals surface area contributed by atoms with E-state index in [-0.39, 0.29) is 12.6 Å². The molecular weight excluding hydrogens is 292 g/mol. The van der Waals surface area contributed by atoms with Gasteiger partial charge in [0.2, 0.25) is 0 Å². The van der Waals surface area contributed by atoms with Crippen molar-refractivity contribution in [2.75, 3.05) is 65.3 Å². The number of benzene rings is 1. The van der Waals surface area contributed by atoms with E-state index < -0.39 is 0 Å². The molecule has 1 heterocycles. The molecule has 2 amide bonds. The van der Waals surface area contributed by atoms with Gasteiger partial charge in [-0.25, -0.2) is 4.79 Å². The molecule has 0 bridgehead atoms. The standard InChI is InChI=1S/C17H28N4O2/c1-19-9-11-21(12-10-19)8-7-15-3-5-16(6-4-15)18-17(23)20(2)13-14-22/h3-6,22H,7-14H2,1-2H3,(H,18,23). The van der Waals surface area contributed by atoms with Gasteiger partial charge < -0.3 is 25.1 Å². The molecule has 0 aromatic heterocycles. The second-order valence-electron chi connectivity index (χ2n) is 6.17. The smallest absolute Gasteiger partial charge is 0.321 e. The van der Waals surface area contributed by atoms with Crippen molar-refractivity contribution in [2.45, 2.75) is 6.42 Å². The Morgan fingerprint density at radius 1 is 1.22 bits per heavy atom. The second kappa shape index (κ2) is 8.86. The van der Waals surface area contributed by atoms with Crippen molar-refractivity contribution < 1.29 is 9.90 Å². The zero-order valence-electron chi connectivity index (χ0n) is 14.2. The Labute approximate surface area is 138 Å². The summed E-state index contributed by atoms with van der Waals surface area (Å²) in [6.45, 7) is 5.95. The zero-order chi connectivity index (χ0) is 16.7. The molecule has 0 aliphatic carbocycles. The molecule has 0 spiro atoms. The van der Waals surface area contributed by atoms with Crippen LogP contribution in [-0.2, 0) is 6.42 Å². The van der Waals surface area contributed by atoms with Crippen LogP contribution in [0.25, 0.3) is 0 Å². The van der Waals surface area contributed by atoms with E-state index in [1.165, 1.54) is 10.5 Å². The van der Waals surface area contributed by atoms with E-state index in [1.54, 1.807) is 7.05 Å². The number of aliphatic hydroxyl groups is 1. The normalized spacial score (nSPS) is 16.3.